The quantitative estimate of drug-likeness (QED) is 0.601. The van der Waals surface area contributed by atoms with E-state index in [-0.39, 0.29) is 5.97 Å². The molecule has 1 aromatic carbocycles. The van der Waals surface area contributed by atoms with E-state index in [4.69, 9.17) is 0 Å². The Balaban J connectivity index is 1.92. The van der Waals surface area contributed by atoms with Crippen LogP contribution < -0.4 is 5.32 Å². The summed E-state index contributed by atoms with van der Waals surface area (Å²) >= 11 is 0. The van der Waals surface area contributed by atoms with Gasteiger partial charge in [-0.2, -0.15) is 15.4 Å². The minimum Gasteiger partial charge on any atom is -0.469 e. The molecule has 6 heteroatoms. The third-order valence-electron chi connectivity index (χ3n) is 2.69. The number of aromatic nitrogens is 3. The van der Waals surface area contributed by atoms with Crippen LogP contribution in [-0.4, -0.2) is 35.0 Å². The van der Waals surface area contributed by atoms with Crippen molar-refractivity contribution >= 4 is 5.97 Å². The van der Waals surface area contributed by atoms with Gasteiger partial charge in [0.25, 0.3) is 0 Å². The van der Waals surface area contributed by atoms with E-state index < -0.39 is 0 Å². The molecule has 0 aliphatic carbocycles. The molecule has 6 nitrogen and oxygen atoms in total. The molecular formula is C13H16N4O2. The van der Waals surface area contributed by atoms with Gasteiger partial charge in [0.15, 0.2) is 0 Å². The number of rotatable bonds is 6. The summed E-state index contributed by atoms with van der Waals surface area (Å²) < 4.78 is 4.57. The molecular weight excluding hydrogens is 244 g/mol. The SMILES string of the molecule is COC(=O)CCNCc1n[nH]nc1-c1ccccc1. The number of aromatic amines is 1. The Morgan fingerprint density at radius 1 is 1.32 bits per heavy atom. The zero-order valence-electron chi connectivity index (χ0n) is 10.7. The van der Waals surface area contributed by atoms with Gasteiger partial charge in [0.05, 0.1) is 13.5 Å². The maximum absolute atomic E-state index is 11.0. The van der Waals surface area contributed by atoms with Gasteiger partial charge < -0.3 is 10.1 Å². The molecule has 0 aliphatic rings. The maximum atomic E-state index is 11.0. The van der Waals surface area contributed by atoms with E-state index >= 15 is 0 Å². The van der Waals surface area contributed by atoms with Crippen LogP contribution in [0.15, 0.2) is 30.3 Å². The largest absolute Gasteiger partial charge is 0.469 e. The Morgan fingerprint density at radius 2 is 2.11 bits per heavy atom. The van der Waals surface area contributed by atoms with E-state index in [0.29, 0.717) is 19.5 Å². The van der Waals surface area contributed by atoms with Gasteiger partial charge in [0, 0.05) is 18.7 Å². The molecule has 0 spiro atoms. The Kier molecular flexibility index (Phi) is 4.63. The van der Waals surface area contributed by atoms with Crippen molar-refractivity contribution in [3.05, 3.63) is 36.0 Å². The molecule has 0 saturated carbocycles. The van der Waals surface area contributed by atoms with E-state index in [1.165, 1.54) is 7.11 Å². The van der Waals surface area contributed by atoms with Crippen molar-refractivity contribution in [2.45, 2.75) is 13.0 Å². The second kappa shape index (κ2) is 6.65. The fraction of sp³-hybridized carbons (Fsp3) is 0.308. The number of benzene rings is 1. The predicted octanol–water partition coefficient (Wildman–Crippen LogP) is 1.12. The molecule has 0 atom stereocenters. The van der Waals surface area contributed by atoms with E-state index in [1.54, 1.807) is 0 Å². The lowest BCUT2D eigenvalue weighted by Crippen LogP contribution is -2.19. The van der Waals surface area contributed by atoms with Gasteiger partial charge in [-0.25, -0.2) is 0 Å². The molecule has 100 valence electrons. The van der Waals surface area contributed by atoms with Gasteiger partial charge in [-0.05, 0) is 0 Å². The van der Waals surface area contributed by atoms with E-state index in [2.05, 4.69) is 25.5 Å². The maximum Gasteiger partial charge on any atom is 0.306 e. The molecule has 0 saturated heterocycles. The van der Waals surface area contributed by atoms with Crippen molar-refractivity contribution in [3.63, 3.8) is 0 Å². The first kappa shape index (κ1) is 13.2. The molecule has 2 N–H and O–H groups in total. The number of nitrogens with one attached hydrogen (secondary N) is 2. The van der Waals surface area contributed by atoms with Crippen LogP contribution in [0.3, 0.4) is 0 Å². The first-order valence-corrected chi connectivity index (χ1v) is 6.04. The zero-order chi connectivity index (χ0) is 13.5. The summed E-state index contributed by atoms with van der Waals surface area (Å²) in [5, 5.41) is 14.0. The van der Waals surface area contributed by atoms with Gasteiger partial charge in [-0.3, -0.25) is 4.79 Å². The van der Waals surface area contributed by atoms with Crippen molar-refractivity contribution in [1.29, 1.82) is 0 Å². The molecule has 0 radical (unpaired) electrons. The normalized spacial score (nSPS) is 10.4. The van der Waals surface area contributed by atoms with Gasteiger partial charge in [-0.1, -0.05) is 30.3 Å². The molecule has 19 heavy (non-hydrogen) atoms. The molecule has 0 unspecified atom stereocenters. The van der Waals surface area contributed by atoms with Crippen LogP contribution in [0.25, 0.3) is 11.3 Å². The van der Waals surface area contributed by atoms with Gasteiger partial charge in [0.1, 0.15) is 11.4 Å². The Bertz CT molecular complexity index is 524. The lowest BCUT2D eigenvalue weighted by molar-refractivity contribution is -0.140. The molecule has 1 aromatic heterocycles. The Labute approximate surface area is 111 Å². The van der Waals surface area contributed by atoms with Crippen molar-refractivity contribution in [2.75, 3.05) is 13.7 Å². The van der Waals surface area contributed by atoms with Crippen LogP contribution in [0.5, 0.6) is 0 Å². The van der Waals surface area contributed by atoms with Gasteiger partial charge >= 0.3 is 5.97 Å². The topological polar surface area (TPSA) is 79.9 Å². The summed E-state index contributed by atoms with van der Waals surface area (Å²) in [6, 6.07) is 9.83. The van der Waals surface area contributed by atoms with Crippen LogP contribution in [0.1, 0.15) is 12.1 Å². The number of esters is 1. The molecule has 2 aromatic rings. The van der Waals surface area contributed by atoms with Crippen LogP contribution in [0.2, 0.25) is 0 Å². The third-order valence-corrected chi connectivity index (χ3v) is 2.69. The first-order valence-electron chi connectivity index (χ1n) is 6.04. The standard InChI is InChI=1S/C13H16N4O2/c1-19-12(18)7-8-14-9-11-13(16-17-15-11)10-5-3-2-4-6-10/h2-6,14H,7-9H2,1H3,(H,15,16,17). The average Bonchev–Trinajstić information content (AvgIpc) is 2.92. The van der Waals surface area contributed by atoms with Crippen molar-refractivity contribution in [2.24, 2.45) is 0 Å². The lowest BCUT2D eigenvalue weighted by Gasteiger charge is -2.03. The highest BCUT2D eigenvalue weighted by molar-refractivity contribution is 5.69. The van der Waals surface area contributed by atoms with Crippen molar-refractivity contribution in [1.82, 2.24) is 20.7 Å². The number of methoxy groups -OCH3 is 1. The molecule has 2 rings (SSSR count). The second-order valence-corrected chi connectivity index (χ2v) is 3.99. The molecule has 1 heterocycles. The number of nitrogens with zero attached hydrogens (tertiary/aromatic N) is 2. The number of ether oxygens (including phenoxy) is 1. The molecule has 0 amide bonds. The zero-order valence-corrected chi connectivity index (χ0v) is 10.7. The minimum absolute atomic E-state index is 0.226. The highest BCUT2D eigenvalue weighted by atomic mass is 16.5. The first-order chi connectivity index (χ1) is 9.31. The van der Waals surface area contributed by atoms with Crippen LogP contribution in [-0.2, 0) is 16.1 Å². The van der Waals surface area contributed by atoms with E-state index in [0.717, 1.165) is 17.0 Å². The third kappa shape index (κ3) is 3.62. The molecule has 0 bridgehead atoms. The van der Waals surface area contributed by atoms with E-state index in [9.17, 15) is 4.79 Å². The monoisotopic (exact) mass is 260 g/mol. The van der Waals surface area contributed by atoms with Gasteiger partial charge in [0.2, 0.25) is 0 Å². The number of carbonyl (C=O) groups excluding carboxylic acids is 1. The summed E-state index contributed by atoms with van der Waals surface area (Å²) in [6.07, 6.45) is 0.342. The van der Waals surface area contributed by atoms with Crippen molar-refractivity contribution in [3.8, 4) is 11.3 Å². The van der Waals surface area contributed by atoms with Crippen LogP contribution >= 0.6 is 0 Å². The smallest absolute Gasteiger partial charge is 0.306 e. The number of carbonyl (C=O) groups is 1. The average molecular weight is 260 g/mol. The minimum atomic E-state index is -0.226. The summed E-state index contributed by atoms with van der Waals surface area (Å²) in [5.74, 6) is -0.226. The fourth-order valence-electron chi connectivity index (χ4n) is 1.70. The number of hydrogen-bond donors (Lipinski definition) is 2. The molecule has 0 aliphatic heterocycles. The lowest BCUT2D eigenvalue weighted by atomic mass is 10.1. The summed E-state index contributed by atoms with van der Waals surface area (Å²) in [7, 11) is 1.38. The number of hydrogen-bond acceptors (Lipinski definition) is 5. The second-order valence-electron chi connectivity index (χ2n) is 3.99. The van der Waals surface area contributed by atoms with Crippen molar-refractivity contribution < 1.29 is 9.53 Å². The summed E-state index contributed by atoms with van der Waals surface area (Å²) in [4.78, 5) is 11.0. The predicted molar refractivity (Wildman–Crippen MR) is 70.2 cm³/mol. The highest BCUT2D eigenvalue weighted by Gasteiger charge is 2.09. The van der Waals surface area contributed by atoms with Gasteiger partial charge in [-0.15, -0.1) is 0 Å². The molecule has 0 fully saturated rings. The Hall–Kier alpha value is -2.21. The van der Waals surface area contributed by atoms with E-state index in [1.807, 2.05) is 30.3 Å². The number of H-pyrrole nitrogens is 1. The highest BCUT2D eigenvalue weighted by Crippen LogP contribution is 2.18. The summed E-state index contributed by atoms with van der Waals surface area (Å²) in [5.41, 5.74) is 2.67. The Morgan fingerprint density at radius 3 is 2.84 bits per heavy atom. The summed E-state index contributed by atoms with van der Waals surface area (Å²) in [6.45, 7) is 1.10. The van der Waals surface area contributed by atoms with Crippen LogP contribution in [0.4, 0.5) is 0 Å². The fourth-order valence-corrected chi connectivity index (χ4v) is 1.70. The van der Waals surface area contributed by atoms with Crippen LogP contribution in [0, 0.1) is 0 Å².